The quantitative estimate of drug-likeness (QED) is 0.829. The standard InChI is InChI=1S/C14H16FN3/c1-11-5-6-12(17-8-11)9-18(2)10-14-13(15)4-3-7-16-14/h3-8H,9-10H2,1-2H3. The largest absolute Gasteiger partial charge is 0.295 e. The Morgan fingerprint density at radius 2 is 2.00 bits per heavy atom. The molecule has 0 bridgehead atoms. The van der Waals surface area contributed by atoms with Gasteiger partial charge in [0.1, 0.15) is 5.82 Å². The second-order valence-electron chi connectivity index (χ2n) is 4.43. The predicted molar refractivity (Wildman–Crippen MR) is 68.3 cm³/mol. The average Bonchev–Trinajstić information content (AvgIpc) is 2.35. The van der Waals surface area contributed by atoms with Gasteiger partial charge in [0.15, 0.2) is 0 Å². The molecule has 0 radical (unpaired) electrons. The van der Waals surface area contributed by atoms with Crippen LogP contribution in [0.4, 0.5) is 4.39 Å². The van der Waals surface area contributed by atoms with E-state index in [1.54, 1.807) is 12.3 Å². The molecule has 2 rings (SSSR count). The maximum atomic E-state index is 13.4. The number of nitrogens with zero attached hydrogens (tertiary/aromatic N) is 3. The Morgan fingerprint density at radius 1 is 1.17 bits per heavy atom. The van der Waals surface area contributed by atoms with Crippen molar-refractivity contribution in [3.63, 3.8) is 0 Å². The van der Waals surface area contributed by atoms with E-state index in [9.17, 15) is 4.39 Å². The lowest BCUT2D eigenvalue weighted by molar-refractivity contribution is 0.305. The first-order valence-corrected chi connectivity index (χ1v) is 5.84. The molecule has 0 spiro atoms. The molecule has 4 heteroatoms. The minimum Gasteiger partial charge on any atom is -0.295 e. The fourth-order valence-electron chi connectivity index (χ4n) is 1.71. The summed E-state index contributed by atoms with van der Waals surface area (Å²) in [5, 5.41) is 0. The van der Waals surface area contributed by atoms with Crippen molar-refractivity contribution in [3.8, 4) is 0 Å². The third-order valence-electron chi connectivity index (χ3n) is 2.66. The number of halogens is 1. The molecule has 2 aromatic rings. The molecule has 0 fully saturated rings. The van der Waals surface area contributed by atoms with E-state index in [2.05, 4.69) is 9.97 Å². The average molecular weight is 245 g/mol. The maximum Gasteiger partial charge on any atom is 0.146 e. The molecule has 0 unspecified atom stereocenters. The lowest BCUT2D eigenvalue weighted by Gasteiger charge is -2.15. The summed E-state index contributed by atoms with van der Waals surface area (Å²) in [5.41, 5.74) is 2.57. The Morgan fingerprint density at radius 3 is 2.67 bits per heavy atom. The van der Waals surface area contributed by atoms with Gasteiger partial charge >= 0.3 is 0 Å². The number of pyridine rings is 2. The van der Waals surface area contributed by atoms with Gasteiger partial charge in [-0.25, -0.2) is 4.39 Å². The first-order valence-electron chi connectivity index (χ1n) is 5.84. The SMILES string of the molecule is Cc1ccc(CN(C)Cc2ncccc2F)nc1. The van der Waals surface area contributed by atoms with Gasteiger partial charge in [-0.05, 0) is 37.7 Å². The van der Waals surface area contributed by atoms with Crippen molar-refractivity contribution < 1.29 is 4.39 Å². The smallest absolute Gasteiger partial charge is 0.146 e. The summed E-state index contributed by atoms with van der Waals surface area (Å²) in [7, 11) is 1.93. The van der Waals surface area contributed by atoms with E-state index >= 15 is 0 Å². The third kappa shape index (κ3) is 3.34. The van der Waals surface area contributed by atoms with Gasteiger partial charge in [-0.2, -0.15) is 0 Å². The molecule has 0 aliphatic carbocycles. The van der Waals surface area contributed by atoms with Gasteiger partial charge in [0.05, 0.1) is 11.4 Å². The molecule has 0 saturated heterocycles. The molecular weight excluding hydrogens is 229 g/mol. The van der Waals surface area contributed by atoms with Crippen molar-refractivity contribution in [1.82, 2.24) is 14.9 Å². The van der Waals surface area contributed by atoms with Crippen molar-refractivity contribution in [1.29, 1.82) is 0 Å². The van der Waals surface area contributed by atoms with Crippen LogP contribution < -0.4 is 0 Å². The first kappa shape index (κ1) is 12.6. The molecule has 2 heterocycles. The van der Waals surface area contributed by atoms with Crippen LogP contribution in [0.2, 0.25) is 0 Å². The highest BCUT2D eigenvalue weighted by molar-refractivity contribution is 5.12. The summed E-state index contributed by atoms with van der Waals surface area (Å²) in [4.78, 5) is 10.4. The molecule has 94 valence electrons. The van der Waals surface area contributed by atoms with Gasteiger partial charge in [0, 0.05) is 25.5 Å². The molecule has 2 aromatic heterocycles. The zero-order valence-corrected chi connectivity index (χ0v) is 10.6. The lowest BCUT2D eigenvalue weighted by Crippen LogP contribution is -2.19. The van der Waals surface area contributed by atoms with Crippen molar-refractivity contribution in [2.75, 3.05) is 7.05 Å². The highest BCUT2D eigenvalue weighted by Gasteiger charge is 2.07. The monoisotopic (exact) mass is 245 g/mol. The molecule has 0 N–H and O–H groups in total. The summed E-state index contributed by atoms with van der Waals surface area (Å²) < 4.78 is 13.4. The van der Waals surface area contributed by atoms with Gasteiger partial charge in [0.25, 0.3) is 0 Å². The van der Waals surface area contributed by atoms with Crippen molar-refractivity contribution in [2.24, 2.45) is 0 Å². The minimum atomic E-state index is -0.263. The van der Waals surface area contributed by atoms with Crippen LogP contribution >= 0.6 is 0 Å². The number of hydrogen-bond donors (Lipinski definition) is 0. The highest BCUT2D eigenvalue weighted by atomic mass is 19.1. The van der Waals surface area contributed by atoms with E-state index < -0.39 is 0 Å². The highest BCUT2D eigenvalue weighted by Crippen LogP contribution is 2.08. The molecule has 0 aliphatic heterocycles. The van der Waals surface area contributed by atoms with Gasteiger partial charge < -0.3 is 0 Å². The van der Waals surface area contributed by atoms with E-state index in [1.165, 1.54) is 6.07 Å². The van der Waals surface area contributed by atoms with E-state index in [0.717, 1.165) is 11.3 Å². The minimum absolute atomic E-state index is 0.263. The fraction of sp³-hybridized carbons (Fsp3) is 0.286. The number of aryl methyl sites for hydroxylation is 1. The maximum absolute atomic E-state index is 13.4. The van der Waals surface area contributed by atoms with Gasteiger partial charge in [-0.3, -0.25) is 14.9 Å². The first-order chi connectivity index (χ1) is 8.65. The van der Waals surface area contributed by atoms with Crippen LogP contribution in [0.1, 0.15) is 17.0 Å². The Bertz CT molecular complexity index is 511. The van der Waals surface area contributed by atoms with E-state index in [0.29, 0.717) is 18.8 Å². The van der Waals surface area contributed by atoms with E-state index in [4.69, 9.17) is 0 Å². The molecular formula is C14H16FN3. The zero-order valence-electron chi connectivity index (χ0n) is 10.6. The predicted octanol–water partition coefficient (Wildman–Crippen LogP) is 2.56. The van der Waals surface area contributed by atoms with Crippen molar-refractivity contribution >= 4 is 0 Å². The van der Waals surface area contributed by atoms with Crippen LogP contribution in [0.5, 0.6) is 0 Å². The van der Waals surface area contributed by atoms with E-state index in [1.807, 2.05) is 37.2 Å². The Labute approximate surface area is 106 Å². The summed E-state index contributed by atoms with van der Waals surface area (Å²) in [5.74, 6) is -0.263. The van der Waals surface area contributed by atoms with Crippen LogP contribution in [-0.4, -0.2) is 21.9 Å². The second-order valence-corrected chi connectivity index (χ2v) is 4.43. The fourth-order valence-corrected chi connectivity index (χ4v) is 1.71. The molecule has 0 aromatic carbocycles. The molecule has 18 heavy (non-hydrogen) atoms. The summed E-state index contributed by atoms with van der Waals surface area (Å²) in [6, 6.07) is 7.04. The molecule has 3 nitrogen and oxygen atoms in total. The zero-order chi connectivity index (χ0) is 13.0. The van der Waals surface area contributed by atoms with Crippen LogP contribution in [-0.2, 0) is 13.1 Å². The lowest BCUT2D eigenvalue weighted by atomic mass is 10.2. The number of rotatable bonds is 4. The Hall–Kier alpha value is -1.81. The van der Waals surface area contributed by atoms with Crippen LogP contribution in [0.25, 0.3) is 0 Å². The Kier molecular flexibility index (Phi) is 3.99. The van der Waals surface area contributed by atoms with Gasteiger partial charge in [-0.15, -0.1) is 0 Å². The normalized spacial score (nSPS) is 10.9. The van der Waals surface area contributed by atoms with Gasteiger partial charge in [-0.1, -0.05) is 6.07 Å². The molecule has 0 saturated carbocycles. The van der Waals surface area contributed by atoms with Crippen molar-refractivity contribution in [3.05, 3.63) is 59.4 Å². The molecule has 0 amide bonds. The summed E-state index contributed by atoms with van der Waals surface area (Å²) in [6.07, 6.45) is 3.45. The summed E-state index contributed by atoms with van der Waals surface area (Å²) >= 11 is 0. The van der Waals surface area contributed by atoms with Crippen molar-refractivity contribution in [2.45, 2.75) is 20.0 Å². The third-order valence-corrected chi connectivity index (χ3v) is 2.66. The summed E-state index contributed by atoms with van der Waals surface area (Å²) in [6.45, 7) is 3.16. The molecule has 0 aliphatic rings. The second kappa shape index (κ2) is 5.69. The van der Waals surface area contributed by atoms with E-state index in [-0.39, 0.29) is 5.82 Å². The van der Waals surface area contributed by atoms with Crippen LogP contribution in [0, 0.1) is 12.7 Å². The Balaban J connectivity index is 1.99. The molecule has 0 atom stereocenters. The van der Waals surface area contributed by atoms with Crippen LogP contribution in [0.15, 0.2) is 36.7 Å². The van der Waals surface area contributed by atoms with Crippen LogP contribution in [0.3, 0.4) is 0 Å². The number of aromatic nitrogens is 2. The topological polar surface area (TPSA) is 29.0 Å². The number of hydrogen-bond acceptors (Lipinski definition) is 3. The van der Waals surface area contributed by atoms with Gasteiger partial charge in [0.2, 0.25) is 0 Å².